The van der Waals surface area contributed by atoms with Crippen LogP contribution in [-0.2, 0) is 11.2 Å². The lowest BCUT2D eigenvalue weighted by Crippen LogP contribution is -2.24. The highest BCUT2D eigenvalue weighted by molar-refractivity contribution is 5.82. The molecule has 0 amide bonds. The van der Waals surface area contributed by atoms with E-state index in [1.54, 1.807) is 18.4 Å². The maximum Gasteiger partial charge on any atom is 0.154 e. The van der Waals surface area contributed by atoms with Crippen LogP contribution in [0.1, 0.15) is 5.76 Å². The van der Waals surface area contributed by atoms with E-state index in [-0.39, 0.29) is 5.78 Å². The minimum absolute atomic E-state index is 0.0743. The number of hydrogen-bond acceptors (Lipinski definition) is 3. The Morgan fingerprint density at radius 3 is 3.15 bits per heavy atom. The van der Waals surface area contributed by atoms with Crippen molar-refractivity contribution in [2.75, 3.05) is 13.1 Å². The Morgan fingerprint density at radius 2 is 2.54 bits per heavy atom. The average Bonchev–Trinajstić information content (AvgIpc) is 2.57. The van der Waals surface area contributed by atoms with E-state index in [4.69, 9.17) is 10.8 Å². The first-order chi connectivity index (χ1) is 6.33. The molecule has 1 aromatic heterocycles. The molecule has 3 heteroatoms. The van der Waals surface area contributed by atoms with Gasteiger partial charge in [0, 0.05) is 0 Å². The molecule has 1 N–H and O–H groups in total. The lowest BCUT2D eigenvalue weighted by Gasteiger charge is -1.97. The van der Waals surface area contributed by atoms with Gasteiger partial charge in [0.2, 0.25) is 0 Å². The van der Waals surface area contributed by atoms with Crippen molar-refractivity contribution in [3.05, 3.63) is 24.2 Å². The minimum atomic E-state index is 0.0743. The molecule has 0 aliphatic carbocycles. The van der Waals surface area contributed by atoms with Gasteiger partial charge >= 0.3 is 0 Å². The fourth-order valence-corrected chi connectivity index (χ4v) is 0.944. The van der Waals surface area contributed by atoms with Crippen molar-refractivity contribution in [1.29, 1.82) is 0 Å². The monoisotopic (exact) mass is 177 g/mol. The summed E-state index contributed by atoms with van der Waals surface area (Å²) in [5.41, 5.74) is 0. The van der Waals surface area contributed by atoms with Gasteiger partial charge in [0.15, 0.2) is 5.78 Å². The van der Waals surface area contributed by atoms with E-state index in [1.165, 1.54) is 0 Å². The zero-order valence-electron chi connectivity index (χ0n) is 7.25. The molecule has 0 saturated heterocycles. The first-order valence-electron chi connectivity index (χ1n) is 4.01. The van der Waals surface area contributed by atoms with E-state index in [0.717, 1.165) is 0 Å². The molecule has 0 fully saturated rings. The van der Waals surface area contributed by atoms with Gasteiger partial charge < -0.3 is 4.42 Å². The number of hydrogen-bond donors (Lipinski definition) is 1. The van der Waals surface area contributed by atoms with Gasteiger partial charge in [-0.15, -0.1) is 6.42 Å². The summed E-state index contributed by atoms with van der Waals surface area (Å²) in [6.07, 6.45) is 6.89. The van der Waals surface area contributed by atoms with Crippen LogP contribution in [0.15, 0.2) is 22.8 Å². The van der Waals surface area contributed by atoms with Crippen LogP contribution in [0, 0.1) is 12.3 Å². The average molecular weight is 177 g/mol. The summed E-state index contributed by atoms with van der Waals surface area (Å²) in [4.78, 5) is 11.2. The van der Waals surface area contributed by atoms with E-state index in [0.29, 0.717) is 25.3 Å². The van der Waals surface area contributed by atoms with Crippen molar-refractivity contribution >= 4 is 5.78 Å². The zero-order valence-corrected chi connectivity index (χ0v) is 7.25. The van der Waals surface area contributed by atoms with Gasteiger partial charge in [0.1, 0.15) is 5.76 Å². The van der Waals surface area contributed by atoms with E-state index < -0.39 is 0 Å². The number of carbonyl (C=O) groups excluding carboxylic acids is 1. The number of furan rings is 1. The largest absolute Gasteiger partial charge is 0.469 e. The molecular formula is C10H11NO2. The van der Waals surface area contributed by atoms with Gasteiger partial charge in [-0.3, -0.25) is 10.1 Å². The SMILES string of the molecule is C#CCNCC(=O)Cc1ccco1. The number of ketones is 1. The smallest absolute Gasteiger partial charge is 0.154 e. The Hall–Kier alpha value is -1.53. The number of carbonyl (C=O) groups is 1. The Balaban J connectivity index is 2.23. The van der Waals surface area contributed by atoms with Crippen LogP contribution in [0.4, 0.5) is 0 Å². The minimum Gasteiger partial charge on any atom is -0.469 e. The number of rotatable bonds is 5. The normalized spacial score (nSPS) is 9.46. The van der Waals surface area contributed by atoms with Gasteiger partial charge in [0.25, 0.3) is 0 Å². The fourth-order valence-electron chi connectivity index (χ4n) is 0.944. The zero-order chi connectivity index (χ0) is 9.52. The molecule has 0 aliphatic rings. The summed E-state index contributed by atoms with van der Waals surface area (Å²) in [7, 11) is 0. The molecule has 0 aromatic carbocycles. The highest BCUT2D eigenvalue weighted by Crippen LogP contribution is 2.00. The predicted molar refractivity (Wildman–Crippen MR) is 49.1 cm³/mol. The summed E-state index contributed by atoms with van der Waals surface area (Å²) in [6.45, 7) is 0.717. The van der Waals surface area contributed by atoms with Gasteiger partial charge in [0.05, 0.1) is 25.8 Å². The van der Waals surface area contributed by atoms with Crippen molar-refractivity contribution < 1.29 is 9.21 Å². The second-order valence-corrected chi connectivity index (χ2v) is 2.60. The van der Waals surface area contributed by atoms with Crippen LogP contribution in [0.5, 0.6) is 0 Å². The molecular weight excluding hydrogens is 166 g/mol. The highest BCUT2D eigenvalue weighted by Gasteiger charge is 2.04. The molecule has 0 aliphatic heterocycles. The van der Waals surface area contributed by atoms with Gasteiger partial charge in [-0.2, -0.15) is 0 Å². The predicted octanol–water partition coefficient (Wildman–Crippen LogP) is 0.614. The van der Waals surface area contributed by atoms with Crippen molar-refractivity contribution in [2.45, 2.75) is 6.42 Å². The highest BCUT2D eigenvalue weighted by atomic mass is 16.3. The molecule has 68 valence electrons. The third kappa shape index (κ3) is 3.59. The van der Waals surface area contributed by atoms with Crippen LogP contribution >= 0.6 is 0 Å². The first-order valence-corrected chi connectivity index (χ1v) is 4.01. The van der Waals surface area contributed by atoms with Crippen molar-refractivity contribution in [3.8, 4) is 12.3 Å². The molecule has 1 heterocycles. The molecule has 0 saturated carbocycles. The third-order valence-corrected chi connectivity index (χ3v) is 1.50. The quantitative estimate of drug-likeness (QED) is 0.529. The lowest BCUT2D eigenvalue weighted by molar-refractivity contribution is -0.117. The first kappa shape index (κ1) is 9.56. The van der Waals surface area contributed by atoms with Crippen LogP contribution in [0.2, 0.25) is 0 Å². The van der Waals surface area contributed by atoms with E-state index >= 15 is 0 Å². The Kier molecular flexibility index (Phi) is 3.80. The van der Waals surface area contributed by atoms with Crippen molar-refractivity contribution in [3.63, 3.8) is 0 Å². The van der Waals surface area contributed by atoms with E-state index in [9.17, 15) is 4.79 Å². The summed E-state index contributed by atoms with van der Waals surface area (Å²) >= 11 is 0. The summed E-state index contributed by atoms with van der Waals surface area (Å²) in [5, 5.41) is 2.82. The molecule has 0 atom stereocenters. The Labute approximate surface area is 77.1 Å². The summed E-state index contributed by atoms with van der Waals surface area (Å²) in [5.74, 6) is 3.16. The van der Waals surface area contributed by atoms with Crippen LogP contribution in [-0.4, -0.2) is 18.9 Å². The van der Waals surface area contributed by atoms with Gasteiger partial charge in [-0.1, -0.05) is 5.92 Å². The van der Waals surface area contributed by atoms with E-state index in [2.05, 4.69) is 11.2 Å². The van der Waals surface area contributed by atoms with Gasteiger partial charge in [-0.25, -0.2) is 0 Å². The molecule has 0 unspecified atom stereocenters. The Morgan fingerprint density at radius 1 is 1.69 bits per heavy atom. The topological polar surface area (TPSA) is 42.2 Å². The van der Waals surface area contributed by atoms with E-state index in [1.807, 2.05) is 0 Å². The van der Waals surface area contributed by atoms with Crippen LogP contribution in [0.25, 0.3) is 0 Å². The molecule has 3 nitrogen and oxygen atoms in total. The second-order valence-electron chi connectivity index (χ2n) is 2.60. The summed E-state index contributed by atoms with van der Waals surface area (Å²) < 4.78 is 5.02. The molecule has 13 heavy (non-hydrogen) atoms. The maximum atomic E-state index is 11.2. The van der Waals surface area contributed by atoms with Crippen molar-refractivity contribution in [1.82, 2.24) is 5.32 Å². The van der Waals surface area contributed by atoms with Crippen LogP contribution < -0.4 is 5.32 Å². The lowest BCUT2D eigenvalue weighted by atomic mass is 10.2. The third-order valence-electron chi connectivity index (χ3n) is 1.50. The molecule has 0 bridgehead atoms. The number of terminal acetylenes is 1. The number of Topliss-reactive ketones (excluding diaryl/α,β-unsaturated/α-hetero) is 1. The standard InChI is InChI=1S/C10H11NO2/c1-2-5-11-8-9(12)7-10-4-3-6-13-10/h1,3-4,6,11H,5,7-8H2. The fraction of sp³-hybridized carbons (Fsp3) is 0.300. The van der Waals surface area contributed by atoms with Crippen molar-refractivity contribution in [2.24, 2.45) is 0 Å². The number of nitrogens with one attached hydrogen (secondary N) is 1. The molecule has 0 spiro atoms. The maximum absolute atomic E-state index is 11.2. The second kappa shape index (κ2) is 5.18. The van der Waals surface area contributed by atoms with Gasteiger partial charge in [-0.05, 0) is 12.1 Å². The Bertz CT molecular complexity index is 295. The molecule has 1 rings (SSSR count). The summed E-state index contributed by atoms with van der Waals surface area (Å²) in [6, 6.07) is 3.54. The molecule has 0 radical (unpaired) electrons. The molecule has 1 aromatic rings. The van der Waals surface area contributed by atoms with Crippen LogP contribution in [0.3, 0.4) is 0 Å².